The van der Waals surface area contributed by atoms with Crippen molar-refractivity contribution >= 4 is 0 Å². The number of rotatable bonds is 3. The predicted octanol–water partition coefficient (Wildman–Crippen LogP) is 2.91. The van der Waals surface area contributed by atoms with E-state index in [1.807, 2.05) is 18.5 Å². The van der Waals surface area contributed by atoms with Gasteiger partial charge in [0.25, 0.3) is 0 Å². The predicted molar refractivity (Wildman–Crippen MR) is 74.9 cm³/mol. The highest BCUT2D eigenvalue weighted by Gasteiger charge is 2.17. The van der Waals surface area contributed by atoms with Crippen LogP contribution in [0.1, 0.15) is 50.7 Å². The maximum Gasteiger partial charge on any atom is 0.133 e. The number of nitrogens with zero attached hydrogens (tertiary/aromatic N) is 4. The SMILES string of the molecule is CC(Cc1cnc(C(C)(C)C)nc1)c1ccncn1. The van der Waals surface area contributed by atoms with Crippen LogP contribution in [0.3, 0.4) is 0 Å². The largest absolute Gasteiger partial charge is 0.245 e. The number of hydrogen-bond acceptors (Lipinski definition) is 4. The molecule has 2 aromatic heterocycles. The Balaban J connectivity index is 2.08. The van der Waals surface area contributed by atoms with Gasteiger partial charge in [-0.15, -0.1) is 0 Å². The van der Waals surface area contributed by atoms with E-state index in [2.05, 4.69) is 47.6 Å². The van der Waals surface area contributed by atoms with Gasteiger partial charge >= 0.3 is 0 Å². The molecule has 0 aliphatic rings. The van der Waals surface area contributed by atoms with Gasteiger partial charge in [0.15, 0.2) is 0 Å². The van der Waals surface area contributed by atoms with Crippen LogP contribution in [0.2, 0.25) is 0 Å². The van der Waals surface area contributed by atoms with Crippen molar-refractivity contribution in [3.63, 3.8) is 0 Å². The van der Waals surface area contributed by atoms with Crippen molar-refractivity contribution in [3.8, 4) is 0 Å². The first-order valence-electron chi connectivity index (χ1n) is 6.54. The van der Waals surface area contributed by atoms with Crippen molar-refractivity contribution in [2.24, 2.45) is 0 Å². The molecule has 0 fully saturated rings. The van der Waals surface area contributed by atoms with Crippen LogP contribution >= 0.6 is 0 Å². The van der Waals surface area contributed by atoms with Gasteiger partial charge in [0.1, 0.15) is 12.2 Å². The van der Waals surface area contributed by atoms with E-state index in [1.165, 1.54) is 0 Å². The molecule has 2 aromatic rings. The van der Waals surface area contributed by atoms with E-state index in [9.17, 15) is 0 Å². The fourth-order valence-corrected chi connectivity index (χ4v) is 1.90. The van der Waals surface area contributed by atoms with Crippen molar-refractivity contribution in [2.45, 2.75) is 45.4 Å². The summed E-state index contributed by atoms with van der Waals surface area (Å²) in [7, 11) is 0. The van der Waals surface area contributed by atoms with Crippen molar-refractivity contribution in [3.05, 3.63) is 48.1 Å². The molecule has 0 bridgehead atoms. The molecule has 1 unspecified atom stereocenters. The molecule has 4 nitrogen and oxygen atoms in total. The van der Waals surface area contributed by atoms with E-state index in [4.69, 9.17) is 0 Å². The van der Waals surface area contributed by atoms with Crippen molar-refractivity contribution in [2.75, 3.05) is 0 Å². The Bertz CT molecular complexity index is 514. The summed E-state index contributed by atoms with van der Waals surface area (Å²) < 4.78 is 0. The summed E-state index contributed by atoms with van der Waals surface area (Å²) in [4.78, 5) is 17.1. The Morgan fingerprint density at radius 2 is 1.79 bits per heavy atom. The van der Waals surface area contributed by atoms with E-state index in [0.717, 1.165) is 23.5 Å². The average molecular weight is 256 g/mol. The first kappa shape index (κ1) is 13.6. The van der Waals surface area contributed by atoms with Crippen molar-refractivity contribution in [1.82, 2.24) is 19.9 Å². The third-order valence-corrected chi connectivity index (χ3v) is 3.03. The molecule has 2 heterocycles. The molecule has 19 heavy (non-hydrogen) atoms. The molecular formula is C15H20N4. The zero-order chi connectivity index (χ0) is 13.9. The minimum atomic E-state index is -0.00317. The third kappa shape index (κ3) is 3.56. The summed E-state index contributed by atoms with van der Waals surface area (Å²) in [6.45, 7) is 8.50. The van der Waals surface area contributed by atoms with Gasteiger partial charge in [-0.2, -0.15) is 0 Å². The zero-order valence-corrected chi connectivity index (χ0v) is 12.0. The second-order valence-corrected chi connectivity index (χ2v) is 5.90. The Labute approximate surface area is 114 Å². The summed E-state index contributed by atoms with van der Waals surface area (Å²) in [6.07, 6.45) is 8.10. The molecule has 0 N–H and O–H groups in total. The highest BCUT2D eigenvalue weighted by Crippen LogP contribution is 2.20. The van der Waals surface area contributed by atoms with E-state index in [0.29, 0.717) is 5.92 Å². The fraction of sp³-hybridized carbons (Fsp3) is 0.467. The zero-order valence-electron chi connectivity index (χ0n) is 12.0. The highest BCUT2D eigenvalue weighted by molar-refractivity contribution is 5.14. The first-order chi connectivity index (χ1) is 8.97. The Morgan fingerprint density at radius 3 is 2.32 bits per heavy atom. The first-order valence-corrected chi connectivity index (χ1v) is 6.54. The highest BCUT2D eigenvalue weighted by atomic mass is 14.9. The van der Waals surface area contributed by atoms with E-state index < -0.39 is 0 Å². The maximum atomic E-state index is 4.45. The Kier molecular flexibility index (Phi) is 3.88. The van der Waals surface area contributed by atoms with E-state index in [-0.39, 0.29) is 5.41 Å². The minimum Gasteiger partial charge on any atom is -0.245 e. The number of aromatic nitrogens is 4. The van der Waals surface area contributed by atoms with E-state index in [1.54, 1.807) is 12.5 Å². The third-order valence-electron chi connectivity index (χ3n) is 3.03. The van der Waals surface area contributed by atoms with Gasteiger partial charge in [-0.3, -0.25) is 0 Å². The summed E-state index contributed by atoms with van der Waals surface area (Å²) in [5, 5.41) is 0. The molecule has 0 spiro atoms. The molecule has 100 valence electrons. The normalized spacial score (nSPS) is 13.3. The molecule has 0 aliphatic heterocycles. The lowest BCUT2D eigenvalue weighted by atomic mass is 9.95. The van der Waals surface area contributed by atoms with Crippen LogP contribution in [-0.2, 0) is 11.8 Å². The molecule has 0 radical (unpaired) electrons. The monoisotopic (exact) mass is 256 g/mol. The van der Waals surface area contributed by atoms with Crippen LogP contribution in [0, 0.1) is 0 Å². The standard InChI is InChI=1S/C15H20N4/c1-11(13-5-6-16-10-19-13)7-12-8-17-14(18-9-12)15(2,3)4/h5-6,8-11H,7H2,1-4H3. The molecule has 0 saturated heterocycles. The van der Waals surface area contributed by atoms with Crippen LogP contribution in [0.15, 0.2) is 31.0 Å². The van der Waals surface area contributed by atoms with Gasteiger partial charge in [-0.25, -0.2) is 19.9 Å². The summed E-state index contributed by atoms with van der Waals surface area (Å²) in [6, 6.07) is 1.95. The van der Waals surface area contributed by atoms with Crippen LogP contribution < -0.4 is 0 Å². The van der Waals surface area contributed by atoms with Crippen LogP contribution in [0.25, 0.3) is 0 Å². The van der Waals surface area contributed by atoms with Crippen molar-refractivity contribution < 1.29 is 0 Å². The summed E-state index contributed by atoms with van der Waals surface area (Å²) in [5.74, 6) is 1.22. The molecular weight excluding hydrogens is 236 g/mol. The summed E-state index contributed by atoms with van der Waals surface area (Å²) in [5.41, 5.74) is 2.19. The quantitative estimate of drug-likeness (QED) is 0.847. The van der Waals surface area contributed by atoms with Gasteiger partial charge < -0.3 is 0 Å². The lowest BCUT2D eigenvalue weighted by molar-refractivity contribution is 0.543. The molecule has 0 amide bonds. The molecule has 4 heteroatoms. The minimum absolute atomic E-state index is 0.00317. The van der Waals surface area contributed by atoms with Gasteiger partial charge in [0.05, 0.1) is 0 Å². The molecule has 0 aliphatic carbocycles. The smallest absolute Gasteiger partial charge is 0.133 e. The average Bonchev–Trinajstić information content (AvgIpc) is 2.39. The topological polar surface area (TPSA) is 51.6 Å². The van der Waals surface area contributed by atoms with Crippen LogP contribution in [-0.4, -0.2) is 19.9 Å². The van der Waals surface area contributed by atoms with Gasteiger partial charge in [0.2, 0.25) is 0 Å². The second kappa shape index (κ2) is 5.43. The lowest BCUT2D eigenvalue weighted by Crippen LogP contribution is -2.16. The van der Waals surface area contributed by atoms with E-state index >= 15 is 0 Å². The van der Waals surface area contributed by atoms with Gasteiger partial charge in [-0.1, -0.05) is 27.7 Å². The van der Waals surface area contributed by atoms with Crippen molar-refractivity contribution in [1.29, 1.82) is 0 Å². The van der Waals surface area contributed by atoms with Crippen LogP contribution in [0.4, 0.5) is 0 Å². The number of hydrogen-bond donors (Lipinski definition) is 0. The Morgan fingerprint density at radius 1 is 1.11 bits per heavy atom. The maximum absolute atomic E-state index is 4.45. The molecule has 1 atom stereocenters. The van der Waals surface area contributed by atoms with Gasteiger partial charge in [-0.05, 0) is 18.1 Å². The summed E-state index contributed by atoms with van der Waals surface area (Å²) >= 11 is 0. The van der Waals surface area contributed by atoms with Gasteiger partial charge in [0, 0.05) is 35.6 Å². The Hall–Kier alpha value is -1.84. The second-order valence-electron chi connectivity index (χ2n) is 5.90. The lowest BCUT2D eigenvalue weighted by Gasteiger charge is -2.16. The fourth-order valence-electron chi connectivity index (χ4n) is 1.90. The molecule has 2 rings (SSSR count). The molecule has 0 saturated carbocycles. The van der Waals surface area contributed by atoms with Crippen LogP contribution in [0.5, 0.6) is 0 Å². The molecule has 0 aromatic carbocycles.